The second-order valence-corrected chi connectivity index (χ2v) is 7.01. The minimum Gasteiger partial charge on any atom is -0.361 e. The number of aromatic nitrogens is 2. The SMILES string of the molecule is Cc1cc([C@H]2CCCN2C(=O)Cc2csc(C(C)C)n2)no1. The normalized spacial score (nSPS) is 18.4. The summed E-state index contributed by atoms with van der Waals surface area (Å²) in [6.07, 6.45) is 2.33. The van der Waals surface area contributed by atoms with Gasteiger partial charge in [0.1, 0.15) is 11.5 Å². The lowest BCUT2D eigenvalue weighted by Gasteiger charge is -2.22. The first kappa shape index (κ1) is 15.2. The van der Waals surface area contributed by atoms with Gasteiger partial charge in [-0.05, 0) is 19.8 Å². The summed E-state index contributed by atoms with van der Waals surface area (Å²) >= 11 is 1.63. The number of nitrogens with zero attached hydrogens (tertiary/aromatic N) is 3. The summed E-state index contributed by atoms with van der Waals surface area (Å²) in [5.74, 6) is 1.32. The molecule has 0 radical (unpaired) electrons. The second-order valence-electron chi connectivity index (χ2n) is 6.12. The van der Waals surface area contributed by atoms with Crippen molar-refractivity contribution in [3.8, 4) is 0 Å². The van der Waals surface area contributed by atoms with Gasteiger partial charge in [-0.15, -0.1) is 11.3 Å². The van der Waals surface area contributed by atoms with Gasteiger partial charge in [0, 0.05) is 23.9 Å². The molecule has 118 valence electrons. The molecule has 1 atom stereocenters. The number of carbonyl (C=O) groups is 1. The topological polar surface area (TPSA) is 59.2 Å². The Morgan fingerprint density at radius 3 is 3.00 bits per heavy atom. The number of rotatable bonds is 4. The summed E-state index contributed by atoms with van der Waals surface area (Å²) < 4.78 is 5.15. The van der Waals surface area contributed by atoms with E-state index in [1.54, 1.807) is 11.3 Å². The van der Waals surface area contributed by atoms with Gasteiger partial charge in [-0.2, -0.15) is 0 Å². The van der Waals surface area contributed by atoms with Crippen molar-refractivity contribution in [2.75, 3.05) is 6.54 Å². The van der Waals surface area contributed by atoms with Crippen LogP contribution in [0, 0.1) is 6.92 Å². The van der Waals surface area contributed by atoms with Crippen molar-refractivity contribution in [2.45, 2.75) is 52.0 Å². The first-order valence-electron chi connectivity index (χ1n) is 7.71. The molecule has 1 saturated heterocycles. The molecule has 0 unspecified atom stereocenters. The zero-order chi connectivity index (χ0) is 15.7. The maximum Gasteiger partial charge on any atom is 0.229 e. The van der Waals surface area contributed by atoms with Gasteiger partial charge in [0.2, 0.25) is 5.91 Å². The molecular formula is C16H21N3O2S. The van der Waals surface area contributed by atoms with Crippen molar-refractivity contribution in [3.05, 3.63) is 33.6 Å². The Morgan fingerprint density at radius 2 is 2.36 bits per heavy atom. The molecule has 0 saturated carbocycles. The largest absolute Gasteiger partial charge is 0.361 e. The minimum absolute atomic E-state index is 0.0492. The third-order valence-electron chi connectivity index (χ3n) is 3.96. The van der Waals surface area contributed by atoms with E-state index in [1.807, 2.05) is 23.3 Å². The minimum atomic E-state index is 0.0492. The molecule has 22 heavy (non-hydrogen) atoms. The van der Waals surface area contributed by atoms with E-state index in [-0.39, 0.29) is 11.9 Å². The van der Waals surface area contributed by atoms with Crippen LogP contribution in [0.25, 0.3) is 0 Å². The second kappa shape index (κ2) is 6.20. The lowest BCUT2D eigenvalue weighted by Crippen LogP contribution is -2.32. The predicted octanol–water partition coefficient (Wildman–Crippen LogP) is 3.47. The lowest BCUT2D eigenvalue weighted by molar-refractivity contribution is -0.131. The molecule has 6 heteroatoms. The summed E-state index contributed by atoms with van der Waals surface area (Å²) in [5, 5.41) is 7.17. The summed E-state index contributed by atoms with van der Waals surface area (Å²) in [4.78, 5) is 19.1. The number of hydrogen-bond donors (Lipinski definition) is 0. The summed E-state index contributed by atoms with van der Waals surface area (Å²) in [6, 6.07) is 1.98. The highest BCUT2D eigenvalue weighted by atomic mass is 32.1. The molecule has 1 aliphatic rings. The van der Waals surface area contributed by atoms with Crippen molar-refractivity contribution in [1.29, 1.82) is 0 Å². The van der Waals surface area contributed by atoms with E-state index < -0.39 is 0 Å². The van der Waals surface area contributed by atoms with Crippen molar-refractivity contribution in [2.24, 2.45) is 0 Å². The fourth-order valence-corrected chi connectivity index (χ4v) is 3.68. The first-order chi connectivity index (χ1) is 10.5. The van der Waals surface area contributed by atoms with Crippen molar-refractivity contribution in [3.63, 3.8) is 0 Å². The molecule has 1 amide bonds. The van der Waals surface area contributed by atoms with E-state index in [9.17, 15) is 4.79 Å². The highest BCUT2D eigenvalue weighted by molar-refractivity contribution is 7.09. The molecule has 3 heterocycles. The molecule has 0 bridgehead atoms. The smallest absolute Gasteiger partial charge is 0.229 e. The van der Waals surface area contributed by atoms with Crippen LogP contribution in [0.3, 0.4) is 0 Å². The number of amides is 1. The molecule has 5 nitrogen and oxygen atoms in total. The maximum atomic E-state index is 12.6. The first-order valence-corrected chi connectivity index (χ1v) is 8.59. The van der Waals surface area contributed by atoms with Gasteiger partial charge < -0.3 is 9.42 Å². The van der Waals surface area contributed by atoms with E-state index in [0.29, 0.717) is 12.3 Å². The Labute approximate surface area is 134 Å². The van der Waals surface area contributed by atoms with E-state index >= 15 is 0 Å². The third-order valence-corrected chi connectivity index (χ3v) is 5.15. The third kappa shape index (κ3) is 3.06. The molecule has 2 aromatic heterocycles. The molecule has 3 rings (SSSR count). The highest BCUT2D eigenvalue weighted by Crippen LogP contribution is 2.32. The van der Waals surface area contributed by atoms with Gasteiger partial charge in [-0.3, -0.25) is 4.79 Å². The molecule has 1 fully saturated rings. The van der Waals surface area contributed by atoms with Gasteiger partial charge in [-0.1, -0.05) is 19.0 Å². The Bertz CT molecular complexity index is 662. The average Bonchev–Trinajstić information content (AvgIpc) is 3.16. The van der Waals surface area contributed by atoms with E-state index in [2.05, 4.69) is 24.0 Å². The number of aryl methyl sites for hydroxylation is 1. The predicted molar refractivity (Wildman–Crippen MR) is 84.8 cm³/mol. The van der Waals surface area contributed by atoms with Crippen LogP contribution in [0.1, 0.15) is 60.8 Å². The monoisotopic (exact) mass is 319 g/mol. The zero-order valence-electron chi connectivity index (χ0n) is 13.2. The van der Waals surface area contributed by atoms with E-state index in [1.165, 1.54) is 0 Å². The number of hydrogen-bond acceptors (Lipinski definition) is 5. The van der Waals surface area contributed by atoms with Crippen LogP contribution in [0.15, 0.2) is 16.0 Å². The van der Waals surface area contributed by atoms with Crippen LogP contribution in [0.2, 0.25) is 0 Å². The fraction of sp³-hybridized carbons (Fsp3) is 0.562. The van der Waals surface area contributed by atoms with Crippen LogP contribution in [0.5, 0.6) is 0 Å². The van der Waals surface area contributed by atoms with E-state index in [4.69, 9.17) is 4.52 Å². The Balaban J connectivity index is 1.70. The lowest BCUT2D eigenvalue weighted by atomic mass is 10.1. The van der Waals surface area contributed by atoms with Crippen LogP contribution in [0.4, 0.5) is 0 Å². The number of carbonyl (C=O) groups excluding carboxylic acids is 1. The molecule has 2 aromatic rings. The van der Waals surface area contributed by atoms with Crippen LogP contribution >= 0.6 is 11.3 Å². The molecule has 1 aliphatic heterocycles. The van der Waals surface area contributed by atoms with Crippen LogP contribution in [-0.4, -0.2) is 27.5 Å². The Kier molecular flexibility index (Phi) is 4.29. The van der Waals surface area contributed by atoms with Crippen LogP contribution < -0.4 is 0 Å². The quantitative estimate of drug-likeness (QED) is 0.866. The van der Waals surface area contributed by atoms with Gasteiger partial charge in [0.15, 0.2) is 0 Å². The number of thiazole rings is 1. The summed E-state index contributed by atoms with van der Waals surface area (Å²) in [7, 11) is 0. The van der Waals surface area contributed by atoms with Gasteiger partial charge >= 0.3 is 0 Å². The average molecular weight is 319 g/mol. The molecular weight excluding hydrogens is 298 g/mol. The molecule has 0 aliphatic carbocycles. The van der Waals surface area contributed by atoms with Gasteiger partial charge in [0.05, 0.1) is 23.2 Å². The van der Waals surface area contributed by atoms with Crippen molar-refractivity contribution >= 4 is 17.2 Å². The highest BCUT2D eigenvalue weighted by Gasteiger charge is 2.32. The van der Waals surface area contributed by atoms with Crippen molar-refractivity contribution < 1.29 is 9.32 Å². The number of likely N-dealkylation sites (tertiary alicyclic amines) is 1. The van der Waals surface area contributed by atoms with Crippen molar-refractivity contribution in [1.82, 2.24) is 15.0 Å². The Hall–Kier alpha value is -1.69. The molecule has 0 spiro atoms. The fourth-order valence-electron chi connectivity index (χ4n) is 2.84. The molecule has 0 N–H and O–H groups in total. The standard InChI is InChI=1S/C16H21N3O2S/c1-10(2)16-17-12(9-22-16)8-15(20)19-6-4-5-14(19)13-7-11(3)21-18-13/h7,9-10,14H,4-6,8H2,1-3H3/t14-/m1/s1. The van der Waals surface area contributed by atoms with E-state index in [0.717, 1.165) is 41.5 Å². The summed E-state index contributed by atoms with van der Waals surface area (Å²) in [6.45, 7) is 6.90. The Morgan fingerprint density at radius 1 is 1.55 bits per heavy atom. The van der Waals surface area contributed by atoms with Gasteiger partial charge in [-0.25, -0.2) is 4.98 Å². The molecule has 0 aromatic carbocycles. The zero-order valence-corrected chi connectivity index (χ0v) is 14.0. The van der Waals surface area contributed by atoms with Gasteiger partial charge in [0.25, 0.3) is 0 Å². The summed E-state index contributed by atoms with van der Waals surface area (Å²) in [5.41, 5.74) is 1.74. The maximum absolute atomic E-state index is 12.6. The van der Waals surface area contributed by atoms with Crippen LogP contribution in [-0.2, 0) is 11.2 Å².